The van der Waals surface area contributed by atoms with Gasteiger partial charge in [-0.3, -0.25) is 4.72 Å². The summed E-state index contributed by atoms with van der Waals surface area (Å²) in [5, 5.41) is 8.93. The zero-order valence-electron chi connectivity index (χ0n) is 9.51. The van der Waals surface area contributed by atoms with E-state index >= 15 is 0 Å². The lowest BCUT2D eigenvalue weighted by Gasteiger charge is -2.10. The van der Waals surface area contributed by atoms with Crippen LogP contribution in [-0.2, 0) is 10.2 Å². The Morgan fingerprint density at radius 1 is 1.47 bits per heavy atom. The van der Waals surface area contributed by atoms with Gasteiger partial charge in [0, 0.05) is 6.04 Å². The van der Waals surface area contributed by atoms with E-state index in [1.807, 2.05) is 0 Å². The highest BCUT2D eigenvalue weighted by molar-refractivity contribution is 7.91. The normalized spacial score (nSPS) is 11.8. The lowest BCUT2D eigenvalue weighted by molar-refractivity contribution is 0.0697. The summed E-state index contributed by atoms with van der Waals surface area (Å²) in [7, 11) is -3.77. The molecule has 9 heteroatoms. The van der Waals surface area contributed by atoms with Crippen LogP contribution in [0.1, 0.15) is 29.9 Å². The van der Waals surface area contributed by atoms with Crippen LogP contribution >= 0.6 is 11.5 Å². The van der Waals surface area contributed by atoms with Crippen LogP contribution in [0.3, 0.4) is 0 Å². The number of nitrogens with zero attached hydrogens (tertiary/aromatic N) is 1. The molecule has 0 atom stereocenters. The topological polar surface area (TPSA) is 108 Å². The molecule has 0 saturated carbocycles. The van der Waals surface area contributed by atoms with Gasteiger partial charge in [0.05, 0.1) is 5.69 Å². The third kappa shape index (κ3) is 3.65. The van der Waals surface area contributed by atoms with Crippen LogP contribution in [0, 0.1) is 6.92 Å². The van der Waals surface area contributed by atoms with E-state index in [2.05, 4.69) is 13.8 Å². The van der Waals surface area contributed by atoms with Crippen molar-refractivity contribution in [2.75, 3.05) is 4.72 Å². The van der Waals surface area contributed by atoms with Crippen molar-refractivity contribution < 1.29 is 18.3 Å². The Hall–Kier alpha value is -1.19. The van der Waals surface area contributed by atoms with Gasteiger partial charge in [-0.05, 0) is 32.3 Å². The molecule has 0 amide bonds. The maximum atomic E-state index is 11.6. The Kier molecular flexibility index (Phi) is 4.07. The van der Waals surface area contributed by atoms with Crippen LogP contribution in [0.25, 0.3) is 0 Å². The molecular weight excluding hydrogens is 266 g/mol. The second-order valence-electron chi connectivity index (χ2n) is 3.66. The average molecular weight is 279 g/mol. The molecule has 1 rings (SSSR count). The fraction of sp³-hybridized carbons (Fsp3) is 0.500. The molecule has 3 N–H and O–H groups in total. The van der Waals surface area contributed by atoms with Crippen molar-refractivity contribution in [3.05, 3.63) is 11.3 Å². The first-order chi connectivity index (χ1) is 7.73. The Balaban J connectivity index is 3.00. The molecule has 1 heterocycles. The summed E-state index contributed by atoms with van der Waals surface area (Å²) in [5.74, 6) is -1.21. The van der Waals surface area contributed by atoms with Crippen molar-refractivity contribution >= 4 is 32.7 Å². The van der Waals surface area contributed by atoms with Gasteiger partial charge in [0.15, 0.2) is 0 Å². The van der Waals surface area contributed by atoms with Crippen LogP contribution in [0.4, 0.5) is 5.00 Å². The van der Waals surface area contributed by atoms with Crippen LogP contribution in [0.15, 0.2) is 0 Å². The molecule has 17 heavy (non-hydrogen) atoms. The molecule has 0 aliphatic rings. The van der Waals surface area contributed by atoms with E-state index in [4.69, 9.17) is 5.11 Å². The van der Waals surface area contributed by atoms with Crippen molar-refractivity contribution in [3.63, 3.8) is 0 Å². The van der Waals surface area contributed by atoms with Crippen molar-refractivity contribution in [1.82, 2.24) is 9.10 Å². The van der Waals surface area contributed by atoms with E-state index in [1.165, 1.54) is 6.92 Å². The van der Waals surface area contributed by atoms with Crippen LogP contribution in [0.5, 0.6) is 0 Å². The fourth-order valence-electron chi connectivity index (χ4n) is 1.15. The number of nitrogens with one attached hydrogen (secondary N) is 2. The Labute approximate surface area is 103 Å². The van der Waals surface area contributed by atoms with Gasteiger partial charge in [-0.15, -0.1) is 0 Å². The molecule has 0 bridgehead atoms. The number of hydrogen-bond acceptors (Lipinski definition) is 5. The van der Waals surface area contributed by atoms with E-state index in [9.17, 15) is 13.2 Å². The number of aryl methyl sites for hydroxylation is 1. The van der Waals surface area contributed by atoms with E-state index in [-0.39, 0.29) is 22.3 Å². The summed E-state index contributed by atoms with van der Waals surface area (Å²) in [5.41, 5.74) is 0.161. The highest BCUT2D eigenvalue weighted by atomic mass is 32.2. The second kappa shape index (κ2) is 4.98. The third-order valence-electron chi connectivity index (χ3n) is 1.69. The number of carbonyl (C=O) groups is 1. The van der Waals surface area contributed by atoms with Crippen LogP contribution < -0.4 is 9.44 Å². The summed E-state index contributed by atoms with van der Waals surface area (Å²) in [4.78, 5) is 10.9. The SMILES string of the molecule is Cc1nsc(NS(=O)(=O)NC(C)C)c1C(=O)O. The fourth-order valence-corrected chi connectivity index (χ4v) is 3.30. The maximum Gasteiger partial charge on any atom is 0.340 e. The van der Waals surface area contributed by atoms with Gasteiger partial charge in [0.2, 0.25) is 0 Å². The molecule has 0 saturated heterocycles. The first-order valence-electron chi connectivity index (χ1n) is 4.72. The molecular formula is C8H13N3O4S2. The van der Waals surface area contributed by atoms with Crippen LogP contribution in [0.2, 0.25) is 0 Å². The summed E-state index contributed by atoms with van der Waals surface area (Å²) < 4.78 is 31.4. The largest absolute Gasteiger partial charge is 0.478 e. The lowest BCUT2D eigenvalue weighted by Crippen LogP contribution is -2.35. The summed E-state index contributed by atoms with van der Waals surface area (Å²) in [6.07, 6.45) is 0. The number of hydrogen-bond donors (Lipinski definition) is 3. The van der Waals surface area contributed by atoms with Crippen molar-refractivity contribution in [2.24, 2.45) is 0 Å². The molecule has 0 radical (unpaired) electrons. The van der Waals surface area contributed by atoms with Crippen molar-refractivity contribution in [2.45, 2.75) is 26.8 Å². The molecule has 0 aromatic carbocycles. The van der Waals surface area contributed by atoms with Gasteiger partial charge in [-0.25, -0.2) is 4.79 Å². The van der Waals surface area contributed by atoms with E-state index in [0.29, 0.717) is 0 Å². The van der Waals surface area contributed by atoms with E-state index in [1.54, 1.807) is 13.8 Å². The van der Waals surface area contributed by atoms with E-state index in [0.717, 1.165) is 11.5 Å². The van der Waals surface area contributed by atoms with Gasteiger partial charge in [0.1, 0.15) is 10.6 Å². The van der Waals surface area contributed by atoms with Gasteiger partial charge in [-0.1, -0.05) is 0 Å². The number of rotatable bonds is 5. The summed E-state index contributed by atoms with van der Waals surface area (Å²) >= 11 is 0.797. The number of carboxylic acid groups (broad SMARTS) is 1. The molecule has 0 aliphatic carbocycles. The highest BCUT2D eigenvalue weighted by Crippen LogP contribution is 2.25. The van der Waals surface area contributed by atoms with Crippen molar-refractivity contribution in [1.29, 1.82) is 0 Å². The van der Waals surface area contributed by atoms with Gasteiger partial charge in [-0.2, -0.15) is 17.5 Å². The minimum Gasteiger partial charge on any atom is -0.478 e. The first-order valence-corrected chi connectivity index (χ1v) is 6.98. The molecule has 0 aliphatic heterocycles. The van der Waals surface area contributed by atoms with E-state index < -0.39 is 16.2 Å². The Morgan fingerprint density at radius 2 is 2.06 bits per heavy atom. The molecule has 0 unspecified atom stereocenters. The Morgan fingerprint density at radius 3 is 2.53 bits per heavy atom. The lowest BCUT2D eigenvalue weighted by atomic mass is 10.2. The molecule has 96 valence electrons. The van der Waals surface area contributed by atoms with Gasteiger partial charge >= 0.3 is 5.97 Å². The smallest absolute Gasteiger partial charge is 0.340 e. The summed E-state index contributed by atoms with van der Waals surface area (Å²) in [6.45, 7) is 4.83. The predicted octanol–water partition coefficient (Wildman–Crippen LogP) is 0.804. The highest BCUT2D eigenvalue weighted by Gasteiger charge is 2.21. The second-order valence-corrected chi connectivity index (χ2v) is 5.88. The number of carboxylic acids is 1. The zero-order chi connectivity index (χ0) is 13.2. The number of anilines is 1. The molecule has 0 fully saturated rings. The quantitative estimate of drug-likeness (QED) is 0.739. The van der Waals surface area contributed by atoms with Crippen molar-refractivity contribution in [3.8, 4) is 0 Å². The molecule has 0 spiro atoms. The standard InChI is InChI=1S/C8H13N3O4S2/c1-4(2)10-17(14,15)11-7-6(8(12)13)5(3)9-16-7/h4,10-11H,1-3H3,(H,12,13). The third-order valence-corrected chi connectivity index (χ3v) is 3.93. The predicted molar refractivity (Wildman–Crippen MR) is 64.6 cm³/mol. The Bertz CT molecular complexity index is 521. The molecule has 7 nitrogen and oxygen atoms in total. The monoisotopic (exact) mass is 279 g/mol. The van der Waals surface area contributed by atoms with Crippen LogP contribution in [-0.4, -0.2) is 29.9 Å². The maximum absolute atomic E-state index is 11.6. The minimum absolute atomic E-state index is 0.00292. The molecule has 1 aromatic heterocycles. The van der Waals surface area contributed by atoms with Gasteiger partial charge in [0.25, 0.3) is 10.2 Å². The zero-order valence-corrected chi connectivity index (χ0v) is 11.1. The van der Waals surface area contributed by atoms with Gasteiger partial charge < -0.3 is 5.11 Å². The molecule has 1 aromatic rings. The number of aromatic carboxylic acids is 1. The first kappa shape index (κ1) is 13.9. The minimum atomic E-state index is -3.77. The summed E-state index contributed by atoms with van der Waals surface area (Å²) in [6, 6.07) is -0.283. The number of aromatic nitrogens is 1. The average Bonchev–Trinajstić information content (AvgIpc) is 2.43.